The average molecular weight is 513 g/mol. The highest BCUT2D eigenvalue weighted by Gasteiger charge is 2.55. The summed E-state index contributed by atoms with van der Waals surface area (Å²) in [5, 5.41) is 4.76. The average Bonchev–Trinajstić information content (AvgIpc) is 3.40. The summed E-state index contributed by atoms with van der Waals surface area (Å²) in [7, 11) is 0. The number of carbonyl (C=O) groups is 3. The van der Waals surface area contributed by atoms with Gasteiger partial charge in [0.1, 0.15) is 12.4 Å². The van der Waals surface area contributed by atoms with Crippen molar-refractivity contribution in [2.75, 3.05) is 0 Å². The Bertz CT molecular complexity index is 1620. The standard InChI is InChI=1S/C28H25FN6O3/c1-15-4-3-8-32-26(15)19-6-2-5-16(25(19)29)12-23(36)21-11-17-10-20(17)35(21)24(37)14-34-22-13-31-9-7-18(22)27(33-34)28(30)38/h2-9,13,17,20-21H,10-12,14H2,1H3,(H2,30,38)/t17-,20-,21+/m1/s1. The Morgan fingerprint density at radius 2 is 1.95 bits per heavy atom. The number of nitrogens with two attached hydrogens (primary N) is 1. The van der Waals surface area contributed by atoms with Crippen LogP contribution in [0.2, 0.25) is 0 Å². The lowest BCUT2D eigenvalue weighted by molar-refractivity contribution is -0.139. The number of hydrogen-bond donors (Lipinski definition) is 1. The number of piperidine rings is 1. The number of aryl methyl sites for hydroxylation is 1. The van der Waals surface area contributed by atoms with E-state index in [-0.39, 0.29) is 47.9 Å². The fourth-order valence-corrected chi connectivity index (χ4v) is 5.61. The Hall–Kier alpha value is -4.47. The zero-order valence-corrected chi connectivity index (χ0v) is 20.7. The number of Topliss-reactive ketones (excluding diaryl/α,β-unsaturated/α-hetero) is 1. The monoisotopic (exact) mass is 512 g/mol. The maximum Gasteiger partial charge on any atom is 0.269 e. The Morgan fingerprint density at radius 1 is 1.11 bits per heavy atom. The molecule has 1 saturated carbocycles. The Labute approximate surface area is 217 Å². The smallest absolute Gasteiger partial charge is 0.269 e. The van der Waals surface area contributed by atoms with E-state index >= 15 is 4.39 Å². The maximum absolute atomic E-state index is 15.5. The summed E-state index contributed by atoms with van der Waals surface area (Å²) in [6, 6.07) is 9.60. The third kappa shape index (κ3) is 4.02. The second-order valence-electron chi connectivity index (χ2n) is 9.97. The number of halogens is 1. The number of benzene rings is 1. The van der Waals surface area contributed by atoms with Gasteiger partial charge in [-0.2, -0.15) is 5.10 Å². The molecule has 4 aromatic rings. The summed E-state index contributed by atoms with van der Waals surface area (Å²) in [5.41, 5.74) is 8.04. The number of fused-ring (bicyclic) bond motifs is 2. The first-order valence-corrected chi connectivity index (χ1v) is 12.5. The molecular weight excluding hydrogens is 487 g/mol. The predicted molar refractivity (Wildman–Crippen MR) is 136 cm³/mol. The van der Waals surface area contributed by atoms with E-state index < -0.39 is 17.8 Å². The lowest BCUT2D eigenvalue weighted by Gasteiger charge is -2.27. The van der Waals surface area contributed by atoms with E-state index in [0.29, 0.717) is 28.6 Å². The minimum absolute atomic E-state index is 0.0145. The molecule has 6 rings (SSSR count). The molecule has 1 aromatic carbocycles. The molecule has 1 aliphatic heterocycles. The van der Waals surface area contributed by atoms with Gasteiger partial charge in [-0.05, 0) is 55.0 Å². The molecule has 0 bridgehead atoms. The molecule has 192 valence electrons. The number of aromatic nitrogens is 4. The first-order chi connectivity index (χ1) is 18.3. The first kappa shape index (κ1) is 23.9. The van der Waals surface area contributed by atoms with E-state index in [2.05, 4.69) is 15.1 Å². The number of likely N-dealkylation sites (tertiary alicyclic amines) is 1. The van der Waals surface area contributed by atoms with Crippen molar-refractivity contribution >= 4 is 28.5 Å². The highest BCUT2D eigenvalue weighted by atomic mass is 19.1. The van der Waals surface area contributed by atoms with Gasteiger partial charge in [0.25, 0.3) is 5.91 Å². The Balaban J connectivity index is 1.24. The van der Waals surface area contributed by atoms with Crippen molar-refractivity contribution < 1.29 is 18.8 Å². The molecule has 4 heterocycles. The van der Waals surface area contributed by atoms with Crippen LogP contribution in [0.4, 0.5) is 4.39 Å². The summed E-state index contributed by atoms with van der Waals surface area (Å²) in [6.45, 7) is 1.70. The number of amides is 2. The predicted octanol–water partition coefficient (Wildman–Crippen LogP) is 2.84. The van der Waals surface area contributed by atoms with E-state index in [4.69, 9.17) is 5.73 Å². The third-order valence-corrected chi connectivity index (χ3v) is 7.54. The molecule has 10 heteroatoms. The molecule has 0 spiro atoms. The van der Waals surface area contributed by atoms with Crippen LogP contribution in [0.1, 0.15) is 34.5 Å². The molecule has 2 fully saturated rings. The number of pyridine rings is 2. The highest BCUT2D eigenvalue weighted by molar-refractivity contribution is 6.04. The molecule has 0 radical (unpaired) electrons. The van der Waals surface area contributed by atoms with E-state index in [9.17, 15) is 14.4 Å². The van der Waals surface area contributed by atoms with Crippen molar-refractivity contribution in [1.82, 2.24) is 24.6 Å². The van der Waals surface area contributed by atoms with Gasteiger partial charge in [-0.3, -0.25) is 29.0 Å². The number of carbonyl (C=O) groups excluding carboxylic acids is 3. The van der Waals surface area contributed by atoms with E-state index in [1.807, 2.05) is 13.0 Å². The first-order valence-electron chi connectivity index (χ1n) is 12.5. The molecular formula is C28H25FN6O3. The number of ketones is 1. The van der Waals surface area contributed by atoms with Gasteiger partial charge in [0.2, 0.25) is 5.91 Å². The van der Waals surface area contributed by atoms with Gasteiger partial charge in [0, 0.05) is 35.8 Å². The van der Waals surface area contributed by atoms with Crippen LogP contribution in [0.5, 0.6) is 0 Å². The fourth-order valence-electron chi connectivity index (χ4n) is 5.61. The lowest BCUT2D eigenvalue weighted by atomic mass is 9.96. The largest absolute Gasteiger partial charge is 0.364 e. The molecule has 2 aliphatic rings. The summed E-state index contributed by atoms with van der Waals surface area (Å²) in [6.07, 6.45) is 5.93. The molecule has 2 amide bonds. The molecule has 1 aliphatic carbocycles. The summed E-state index contributed by atoms with van der Waals surface area (Å²) in [5.74, 6) is -1.40. The molecule has 3 atom stereocenters. The molecule has 1 saturated heterocycles. The SMILES string of the molecule is Cc1cccnc1-c1cccc(CC(=O)[C@@H]2C[C@H]3C[C@H]3N2C(=O)Cn2nc(C(N)=O)c3ccncc32)c1F. The van der Waals surface area contributed by atoms with Crippen molar-refractivity contribution in [3.05, 3.63) is 77.6 Å². The van der Waals surface area contributed by atoms with Gasteiger partial charge < -0.3 is 10.6 Å². The molecule has 38 heavy (non-hydrogen) atoms. The minimum atomic E-state index is -0.700. The van der Waals surface area contributed by atoms with Crippen LogP contribution >= 0.6 is 0 Å². The molecule has 0 unspecified atom stereocenters. The van der Waals surface area contributed by atoms with Crippen molar-refractivity contribution in [3.63, 3.8) is 0 Å². The number of nitrogens with zero attached hydrogens (tertiary/aromatic N) is 5. The Kier molecular flexibility index (Phi) is 5.74. The van der Waals surface area contributed by atoms with Crippen LogP contribution in [-0.2, 0) is 22.6 Å². The fraction of sp³-hybridized carbons (Fsp3) is 0.286. The van der Waals surface area contributed by atoms with Gasteiger partial charge in [-0.25, -0.2) is 4.39 Å². The van der Waals surface area contributed by atoms with Crippen LogP contribution in [0.15, 0.2) is 55.0 Å². The van der Waals surface area contributed by atoms with Crippen molar-refractivity contribution in [2.45, 2.75) is 44.8 Å². The van der Waals surface area contributed by atoms with Gasteiger partial charge in [-0.1, -0.05) is 18.2 Å². The van der Waals surface area contributed by atoms with Crippen LogP contribution in [0.3, 0.4) is 0 Å². The molecule has 9 nitrogen and oxygen atoms in total. The van der Waals surface area contributed by atoms with Crippen molar-refractivity contribution in [3.8, 4) is 11.3 Å². The molecule has 3 aromatic heterocycles. The van der Waals surface area contributed by atoms with Gasteiger partial charge in [0.15, 0.2) is 11.5 Å². The Morgan fingerprint density at radius 3 is 2.74 bits per heavy atom. The zero-order valence-electron chi connectivity index (χ0n) is 20.7. The normalized spacial score (nSPS) is 19.9. The van der Waals surface area contributed by atoms with Crippen LogP contribution in [-0.4, -0.2) is 54.3 Å². The third-order valence-electron chi connectivity index (χ3n) is 7.54. The second-order valence-corrected chi connectivity index (χ2v) is 9.97. The van der Waals surface area contributed by atoms with Crippen LogP contribution in [0.25, 0.3) is 22.2 Å². The second kappa shape index (κ2) is 9.13. The van der Waals surface area contributed by atoms with Gasteiger partial charge in [-0.15, -0.1) is 0 Å². The maximum atomic E-state index is 15.5. The number of primary amides is 1. The summed E-state index contributed by atoms with van der Waals surface area (Å²) < 4.78 is 16.9. The van der Waals surface area contributed by atoms with Crippen molar-refractivity contribution in [1.29, 1.82) is 0 Å². The molecule has 2 N–H and O–H groups in total. The van der Waals surface area contributed by atoms with Gasteiger partial charge in [0.05, 0.1) is 23.4 Å². The van der Waals surface area contributed by atoms with E-state index in [1.165, 1.54) is 17.1 Å². The van der Waals surface area contributed by atoms with E-state index in [0.717, 1.165) is 12.0 Å². The van der Waals surface area contributed by atoms with Gasteiger partial charge >= 0.3 is 0 Å². The van der Waals surface area contributed by atoms with E-state index in [1.54, 1.807) is 41.4 Å². The topological polar surface area (TPSA) is 124 Å². The zero-order chi connectivity index (χ0) is 26.6. The number of hydrogen-bond acceptors (Lipinski definition) is 6. The lowest BCUT2D eigenvalue weighted by Crippen LogP contribution is -2.45. The minimum Gasteiger partial charge on any atom is -0.364 e. The summed E-state index contributed by atoms with van der Waals surface area (Å²) >= 11 is 0. The highest BCUT2D eigenvalue weighted by Crippen LogP contribution is 2.48. The quantitative estimate of drug-likeness (QED) is 0.406. The van der Waals surface area contributed by atoms with Crippen LogP contribution in [0, 0.1) is 18.7 Å². The summed E-state index contributed by atoms with van der Waals surface area (Å²) in [4.78, 5) is 48.8. The number of rotatable bonds is 7. The van der Waals surface area contributed by atoms with Crippen LogP contribution < -0.4 is 5.73 Å². The van der Waals surface area contributed by atoms with Crippen molar-refractivity contribution in [2.24, 2.45) is 11.7 Å².